The van der Waals surface area contributed by atoms with Crippen molar-refractivity contribution in [3.8, 4) is 11.1 Å². The van der Waals surface area contributed by atoms with Crippen LogP contribution in [0.5, 0.6) is 0 Å². The predicted molar refractivity (Wildman–Crippen MR) is 107 cm³/mol. The Balaban J connectivity index is 2.36. The molecule has 0 aliphatic rings. The maximum absolute atomic E-state index is 13.0. The lowest BCUT2D eigenvalue weighted by Gasteiger charge is -2.13. The van der Waals surface area contributed by atoms with Crippen molar-refractivity contribution in [2.75, 3.05) is 13.4 Å². The summed E-state index contributed by atoms with van der Waals surface area (Å²) in [6.45, 7) is 0. The Morgan fingerprint density at radius 3 is 2.40 bits per heavy atom. The molecule has 0 radical (unpaired) electrons. The number of rotatable bonds is 5. The van der Waals surface area contributed by atoms with Crippen LogP contribution in [-0.2, 0) is 4.74 Å². The first kappa shape index (κ1) is 18.6. The van der Waals surface area contributed by atoms with Gasteiger partial charge in [0.1, 0.15) is 0 Å². The van der Waals surface area contributed by atoms with Crippen LogP contribution in [0.4, 0.5) is 0 Å². The highest BCUT2D eigenvalue weighted by Crippen LogP contribution is 2.42. The molecule has 3 aromatic rings. The minimum Gasteiger partial charge on any atom is -0.362 e. The van der Waals surface area contributed by atoms with E-state index in [0.29, 0.717) is 31.9 Å². The zero-order chi connectivity index (χ0) is 18.1. The minimum absolute atomic E-state index is 0.187. The number of hydrogen-bond donors (Lipinski definition) is 1. The summed E-state index contributed by atoms with van der Waals surface area (Å²) in [6, 6.07) is 10.6. The van der Waals surface area contributed by atoms with Crippen molar-refractivity contribution in [1.29, 1.82) is 0 Å². The van der Waals surface area contributed by atoms with Crippen LogP contribution in [-0.4, -0.2) is 29.6 Å². The van der Waals surface area contributed by atoms with Gasteiger partial charge in [-0.3, -0.25) is 4.79 Å². The van der Waals surface area contributed by atoms with E-state index in [-0.39, 0.29) is 5.78 Å². The van der Waals surface area contributed by atoms with Gasteiger partial charge in [0.15, 0.2) is 5.44 Å². The molecule has 1 N–H and O–H groups in total. The van der Waals surface area contributed by atoms with E-state index >= 15 is 0 Å². The molecule has 0 aliphatic carbocycles. The van der Waals surface area contributed by atoms with Gasteiger partial charge in [0.05, 0.1) is 5.69 Å². The maximum Gasteiger partial charge on any atom is 0.218 e. The van der Waals surface area contributed by atoms with Crippen molar-refractivity contribution in [3.05, 3.63) is 57.2 Å². The third kappa shape index (κ3) is 3.42. The Morgan fingerprint density at radius 1 is 1.12 bits per heavy atom. The average molecular weight is 415 g/mol. The second-order valence-corrected chi connectivity index (χ2v) is 7.48. The Hall–Kier alpha value is -1.17. The molecule has 0 saturated carbocycles. The van der Waals surface area contributed by atoms with Crippen molar-refractivity contribution >= 4 is 63.3 Å². The first-order valence-corrected chi connectivity index (χ1v) is 9.75. The largest absolute Gasteiger partial charge is 0.362 e. The molecule has 25 heavy (non-hydrogen) atoms. The SMILES string of the molecule is COC(SC)C(=O)c1[nH]c2ccc(Cl)cc2c1-c1c(Cl)cccc1Cl. The summed E-state index contributed by atoms with van der Waals surface area (Å²) in [4.78, 5) is 16.2. The number of carbonyl (C=O) groups is 1. The molecule has 2 aromatic carbocycles. The van der Waals surface area contributed by atoms with Crippen LogP contribution >= 0.6 is 46.6 Å². The highest BCUT2D eigenvalue weighted by molar-refractivity contribution is 7.99. The van der Waals surface area contributed by atoms with E-state index < -0.39 is 5.44 Å². The molecule has 3 rings (SSSR count). The number of methoxy groups -OCH3 is 1. The predicted octanol–water partition coefficient (Wildman–Crippen LogP) is 6.31. The molecular weight excluding hydrogens is 401 g/mol. The quantitative estimate of drug-likeness (QED) is 0.393. The number of aromatic nitrogens is 1. The maximum atomic E-state index is 13.0. The average Bonchev–Trinajstić information content (AvgIpc) is 2.94. The fraction of sp³-hybridized carbons (Fsp3) is 0.167. The van der Waals surface area contributed by atoms with Gasteiger partial charge in [-0.2, -0.15) is 0 Å². The Morgan fingerprint density at radius 2 is 1.80 bits per heavy atom. The van der Waals surface area contributed by atoms with Crippen molar-refractivity contribution in [2.24, 2.45) is 0 Å². The number of carbonyl (C=O) groups excluding carboxylic acids is 1. The number of fused-ring (bicyclic) bond motifs is 1. The van der Waals surface area contributed by atoms with Gasteiger partial charge in [-0.25, -0.2) is 0 Å². The van der Waals surface area contributed by atoms with E-state index in [1.54, 1.807) is 30.3 Å². The van der Waals surface area contributed by atoms with Gasteiger partial charge in [-0.1, -0.05) is 40.9 Å². The van der Waals surface area contributed by atoms with Crippen molar-refractivity contribution in [2.45, 2.75) is 5.44 Å². The van der Waals surface area contributed by atoms with Gasteiger partial charge in [0.2, 0.25) is 5.78 Å². The van der Waals surface area contributed by atoms with E-state index in [1.165, 1.54) is 18.9 Å². The topological polar surface area (TPSA) is 42.1 Å². The summed E-state index contributed by atoms with van der Waals surface area (Å²) in [5, 5.41) is 2.26. The molecule has 1 heterocycles. The first-order valence-electron chi connectivity index (χ1n) is 7.33. The van der Waals surface area contributed by atoms with Crippen LogP contribution in [0.3, 0.4) is 0 Å². The van der Waals surface area contributed by atoms with Crippen LogP contribution in [0.25, 0.3) is 22.0 Å². The lowest BCUT2D eigenvalue weighted by atomic mass is 10.00. The first-order chi connectivity index (χ1) is 12.0. The molecule has 1 atom stereocenters. The molecule has 0 aliphatic heterocycles. The van der Waals surface area contributed by atoms with E-state index in [9.17, 15) is 4.79 Å². The molecule has 0 spiro atoms. The van der Waals surface area contributed by atoms with Crippen LogP contribution in [0.2, 0.25) is 15.1 Å². The molecular formula is C18H14Cl3NO2S. The third-order valence-corrected chi connectivity index (χ3v) is 5.56. The van der Waals surface area contributed by atoms with Crippen LogP contribution < -0.4 is 0 Å². The summed E-state index contributed by atoms with van der Waals surface area (Å²) in [5.74, 6) is -0.187. The number of H-pyrrole nitrogens is 1. The number of ketones is 1. The Bertz CT molecular complexity index is 931. The number of hydrogen-bond acceptors (Lipinski definition) is 3. The minimum atomic E-state index is -0.636. The number of benzene rings is 2. The van der Waals surface area contributed by atoms with Crippen LogP contribution in [0.15, 0.2) is 36.4 Å². The zero-order valence-corrected chi connectivity index (χ0v) is 16.5. The highest BCUT2D eigenvalue weighted by Gasteiger charge is 2.27. The monoisotopic (exact) mass is 413 g/mol. The molecule has 130 valence electrons. The molecule has 1 unspecified atom stereocenters. The molecule has 0 amide bonds. The van der Waals surface area contributed by atoms with Crippen LogP contribution in [0.1, 0.15) is 10.5 Å². The highest BCUT2D eigenvalue weighted by atomic mass is 35.5. The number of aromatic amines is 1. The van der Waals surface area contributed by atoms with E-state index in [4.69, 9.17) is 39.5 Å². The lowest BCUT2D eigenvalue weighted by Crippen LogP contribution is -2.20. The summed E-state index contributed by atoms with van der Waals surface area (Å²) in [5.41, 5.74) is 1.76. The van der Waals surface area contributed by atoms with Gasteiger partial charge in [-0.15, -0.1) is 11.8 Å². The van der Waals surface area contributed by atoms with E-state index in [2.05, 4.69) is 4.98 Å². The summed E-state index contributed by atoms with van der Waals surface area (Å²) >= 11 is 20.3. The molecule has 0 fully saturated rings. The van der Waals surface area contributed by atoms with Crippen LogP contribution in [0, 0.1) is 0 Å². The van der Waals surface area contributed by atoms with Gasteiger partial charge >= 0.3 is 0 Å². The number of ether oxygens (including phenoxy) is 1. The summed E-state index contributed by atoms with van der Waals surface area (Å²) in [7, 11) is 1.50. The number of Topliss-reactive ketones (excluding diaryl/α,β-unsaturated/α-hetero) is 1. The summed E-state index contributed by atoms with van der Waals surface area (Å²) in [6.07, 6.45) is 1.81. The van der Waals surface area contributed by atoms with E-state index in [1.807, 2.05) is 12.3 Å². The molecule has 3 nitrogen and oxygen atoms in total. The molecule has 0 bridgehead atoms. The van der Waals surface area contributed by atoms with Gasteiger partial charge in [-0.05, 0) is 36.6 Å². The third-order valence-electron chi connectivity index (χ3n) is 3.86. The number of nitrogens with one attached hydrogen (secondary N) is 1. The Labute approximate surface area is 164 Å². The molecule has 7 heteroatoms. The van der Waals surface area contributed by atoms with Crippen molar-refractivity contribution < 1.29 is 9.53 Å². The van der Waals surface area contributed by atoms with Crippen molar-refractivity contribution in [3.63, 3.8) is 0 Å². The fourth-order valence-electron chi connectivity index (χ4n) is 2.77. The van der Waals surface area contributed by atoms with Gasteiger partial charge in [0, 0.05) is 44.2 Å². The zero-order valence-electron chi connectivity index (χ0n) is 13.4. The number of halogens is 3. The van der Waals surface area contributed by atoms with E-state index in [0.717, 1.165) is 10.9 Å². The lowest BCUT2D eigenvalue weighted by molar-refractivity contribution is 0.0791. The van der Waals surface area contributed by atoms with Gasteiger partial charge < -0.3 is 9.72 Å². The van der Waals surface area contributed by atoms with Gasteiger partial charge in [0.25, 0.3) is 0 Å². The second-order valence-electron chi connectivity index (χ2n) is 5.33. The smallest absolute Gasteiger partial charge is 0.218 e. The molecule has 0 saturated heterocycles. The molecule has 1 aromatic heterocycles. The van der Waals surface area contributed by atoms with Crippen molar-refractivity contribution in [1.82, 2.24) is 4.98 Å². The standard InChI is InChI=1S/C18H14Cl3NO2S/c1-24-18(25-2)17(23)16-14(15-11(20)4-3-5-12(15)21)10-8-9(19)6-7-13(10)22-16/h3-8,18,22H,1-2H3. The summed E-state index contributed by atoms with van der Waals surface area (Å²) < 4.78 is 5.29. The number of thioether (sulfide) groups is 1. The second kappa shape index (κ2) is 7.60. The Kier molecular flexibility index (Phi) is 5.66. The fourth-order valence-corrected chi connectivity index (χ4v) is 4.06. The normalized spacial score (nSPS) is 12.5.